The molecule has 2 aromatic carbocycles. The van der Waals surface area contributed by atoms with Gasteiger partial charge in [0.05, 0.1) is 0 Å². The van der Waals surface area contributed by atoms with E-state index in [0.717, 1.165) is 31.4 Å². The van der Waals surface area contributed by atoms with Crippen molar-refractivity contribution in [3.63, 3.8) is 0 Å². The van der Waals surface area contributed by atoms with Crippen LogP contribution in [0.25, 0.3) is 0 Å². The topological polar surface area (TPSA) is 41.9 Å². The molecule has 4 heteroatoms. The minimum atomic E-state index is -0.143. The fourth-order valence-corrected chi connectivity index (χ4v) is 3.72. The van der Waals surface area contributed by atoms with Gasteiger partial charge in [0, 0.05) is 19.0 Å². The van der Waals surface area contributed by atoms with Crippen molar-refractivity contribution >= 4 is 11.6 Å². The number of likely N-dealkylation sites (tertiary alicyclic amines) is 1. The summed E-state index contributed by atoms with van der Waals surface area (Å²) in [5, 5.41) is 4.10. The summed E-state index contributed by atoms with van der Waals surface area (Å²) in [6.07, 6.45) is 3.42. The monoisotopic (exact) mass is 334 g/mol. The Balaban J connectivity index is 1.42. The van der Waals surface area contributed by atoms with Crippen LogP contribution < -0.4 is 0 Å². The van der Waals surface area contributed by atoms with Crippen molar-refractivity contribution < 1.29 is 9.63 Å². The predicted octanol–water partition coefficient (Wildman–Crippen LogP) is 3.74. The molecule has 0 aromatic heterocycles. The second-order valence-corrected chi connectivity index (χ2v) is 6.73. The van der Waals surface area contributed by atoms with Crippen LogP contribution in [0, 0.1) is 0 Å². The van der Waals surface area contributed by atoms with Crippen LogP contribution in [0.5, 0.6) is 0 Å². The summed E-state index contributed by atoms with van der Waals surface area (Å²) >= 11 is 0. The molecule has 2 aliphatic heterocycles. The van der Waals surface area contributed by atoms with Crippen molar-refractivity contribution in [3.8, 4) is 0 Å². The van der Waals surface area contributed by atoms with E-state index in [-0.39, 0.29) is 18.1 Å². The highest BCUT2D eigenvalue weighted by Gasteiger charge is 2.35. The van der Waals surface area contributed by atoms with E-state index >= 15 is 0 Å². The zero-order valence-electron chi connectivity index (χ0n) is 14.2. The van der Waals surface area contributed by atoms with Gasteiger partial charge in [0.1, 0.15) is 5.71 Å². The molecule has 2 atom stereocenters. The maximum absolute atomic E-state index is 12.9. The molecule has 128 valence electrons. The molecular weight excluding hydrogens is 312 g/mol. The lowest BCUT2D eigenvalue weighted by molar-refractivity contribution is -0.124. The largest absolute Gasteiger partial charge is 0.387 e. The van der Waals surface area contributed by atoms with Crippen LogP contribution in [-0.2, 0) is 16.1 Å². The van der Waals surface area contributed by atoms with E-state index in [1.165, 1.54) is 5.56 Å². The fourth-order valence-electron chi connectivity index (χ4n) is 3.72. The zero-order valence-corrected chi connectivity index (χ0v) is 14.2. The first-order valence-electron chi connectivity index (χ1n) is 8.94. The summed E-state index contributed by atoms with van der Waals surface area (Å²) in [4.78, 5) is 20.5. The van der Waals surface area contributed by atoms with Crippen molar-refractivity contribution in [1.29, 1.82) is 0 Å². The smallest absolute Gasteiger partial charge is 0.272 e. The lowest BCUT2D eigenvalue weighted by Gasteiger charge is -2.24. The van der Waals surface area contributed by atoms with Gasteiger partial charge in [0.2, 0.25) is 0 Å². The summed E-state index contributed by atoms with van der Waals surface area (Å²) in [5.74, 6) is 0.0388. The first-order chi connectivity index (χ1) is 12.3. The number of amides is 1. The van der Waals surface area contributed by atoms with Gasteiger partial charge in [-0.2, -0.15) is 0 Å². The SMILES string of the molecule is O=C(C1=NO[C@H](c2ccccc2)C1)N1CCC[C@H]1Cc1ccccc1. The molecule has 0 bridgehead atoms. The molecule has 1 saturated heterocycles. The van der Waals surface area contributed by atoms with E-state index in [1.807, 2.05) is 41.3 Å². The van der Waals surface area contributed by atoms with E-state index in [9.17, 15) is 4.79 Å². The summed E-state index contributed by atoms with van der Waals surface area (Å²) in [5.41, 5.74) is 2.89. The third-order valence-electron chi connectivity index (χ3n) is 5.04. The molecule has 4 nitrogen and oxygen atoms in total. The van der Waals surface area contributed by atoms with Crippen molar-refractivity contribution in [1.82, 2.24) is 4.90 Å². The Kier molecular flexibility index (Phi) is 4.51. The highest BCUT2D eigenvalue weighted by atomic mass is 16.6. The van der Waals surface area contributed by atoms with Crippen LogP contribution in [0.4, 0.5) is 0 Å². The summed E-state index contributed by atoms with van der Waals surface area (Å²) in [7, 11) is 0. The molecule has 2 heterocycles. The van der Waals surface area contributed by atoms with Gasteiger partial charge < -0.3 is 9.74 Å². The van der Waals surface area contributed by atoms with Crippen LogP contribution in [0.15, 0.2) is 65.8 Å². The molecule has 0 saturated carbocycles. The average molecular weight is 334 g/mol. The van der Waals surface area contributed by atoms with Gasteiger partial charge in [0.25, 0.3) is 5.91 Å². The standard InChI is InChI=1S/C21H22N2O2/c24-21(19-15-20(25-22-19)17-10-5-2-6-11-17)23-13-7-12-18(23)14-16-8-3-1-4-9-16/h1-6,8-11,18,20H,7,12-15H2/t18-,20-/m0/s1. The third-order valence-corrected chi connectivity index (χ3v) is 5.04. The Morgan fingerprint density at radius 3 is 2.56 bits per heavy atom. The molecule has 1 fully saturated rings. The molecule has 25 heavy (non-hydrogen) atoms. The third kappa shape index (κ3) is 3.43. The Hall–Kier alpha value is -2.62. The first-order valence-corrected chi connectivity index (χ1v) is 8.94. The molecule has 0 radical (unpaired) electrons. The summed E-state index contributed by atoms with van der Waals surface area (Å²) in [6, 6.07) is 20.6. The van der Waals surface area contributed by atoms with Crippen LogP contribution in [0.2, 0.25) is 0 Å². The zero-order chi connectivity index (χ0) is 17.1. The molecule has 2 aromatic rings. The van der Waals surface area contributed by atoms with Gasteiger partial charge in [-0.1, -0.05) is 65.8 Å². The van der Waals surface area contributed by atoms with Gasteiger partial charge in [-0.15, -0.1) is 0 Å². The second-order valence-electron chi connectivity index (χ2n) is 6.73. The van der Waals surface area contributed by atoms with Crippen molar-refractivity contribution in [2.24, 2.45) is 5.16 Å². The summed E-state index contributed by atoms with van der Waals surface area (Å²) < 4.78 is 0. The lowest BCUT2D eigenvalue weighted by atomic mass is 10.0. The van der Waals surface area contributed by atoms with Gasteiger partial charge in [0.15, 0.2) is 6.10 Å². The number of carbonyl (C=O) groups excluding carboxylic acids is 1. The van der Waals surface area contributed by atoms with Crippen LogP contribution in [0.3, 0.4) is 0 Å². The number of carbonyl (C=O) groups is 1. The Morgan fingerprint density at radius 1 is 1.08 bits per heavy atom. The van der Waals surface area contributed by atoms with Crippen LogP contribution in [-0.4, -0.2) is 29.1 Å². The molecule has 1 amide bonds. The number of hydrogen-bond donors (Lipinski definition) is 0. The highest BCUT2D eigenvalue weighted by Crippen LogP contribution is 2.29. The minimum Gasteiger partial charge on any atom is -0.387 e. The first kappa shape index (κ1) is 15.9. The van der Waals surface area contributed by atoms with E-state index in [4.69, 9.17) is 4.84 Å². The molecular formula is C21H22N2O2. The Bertz CT molecular complexity index is 758. The molecule has 2 aliphatic rings. The number of benzene rings is 2. The summed E-state index contributed by atoms with van der Waals surface area (Å²) in [6.45, 7) is 0.811. The van der Waals surface area contributed by atoms with Crippen molar-refractivity contribution in [3.05, 3.63) is 71.8 Å². The fraction of sp³-hybridized carbons (Fsp3) is 0.333. The maximum Gasteiger partial charge on any atom is 0.272 e. The Morgan fingerprint density at radius 2 is 1.80 bits per heavy atom. The van der Waals surface area contributed by atoms with E-state index in [2.05, 4.69) is 29.4 Å². The van der Waals surface area contributed by atoms with Crippen molar-refractivity contribution in [2.75, 3.05) is 6.54 Å². The predicted molar refractivity (Wildman–Crippen MR) is 97.2 cm³/mol. The number of hydrogen-bond acceptors (Lipinski definition) is 3. The van der Waals surface area contributed by atoms with Gasteiger partial charge in [-0.3, -0.25) is 4.79 Å². The minimum absolute atomic E-state index is 0.0388. The lowest BCUT2D eigenvalue weighted by Crippen LogP contribution is -2.40. The number of nitrogens with zero attached hydrogens (tertiary/aromatic N) is 2. The van der Waals surface area contributed by atoms with Crippen molar-refractivity contribution in [2.45, 2.75) is 37.8 Å². The second kappa shape index (κ2) is 7.09. The van der Waals surface area contributed by atoms with Gasteiger partial charge in [-0.25, -0.2) is 0 Å². The molecule has 4 rings (SSSR count). The molecule has 0 unspecified atom stereocenters. The highest BCUT2D eigenvalue weighted by molar-refractivity contribution is 6.39. The quantitative estimate of drug-likeness (QED) is 0.855. The Labute approximate surface area is 148 Å². The normalized spacial score (nSPS) is 22.6. The van der Waals surface area contributed by atoms with E-state index in [1.54, 1.807) is 0 Å². The van der Waals surface area contributed by atoms with E-state index < -0.39 is 0 Å². The van der Waals surface area contributed by atoms with Gasteiger partial charge >= 0.3 is 0 Å². The van der Waals surface area contributed by atoms with E-state index in [0.29, 0.717) is 12.1 Å². The van der Waals surface area contributed by atoms with Crippen LogP contribution >= 0.6 is 0 Å². The number of rotatable bonds is 4. The molecule has 0 spiro atoms. The number of oxime groups is 1. The molecule has 0 aliphatic carbocycles. The maximum atomic E-state index is 12.9. The van der Waals surface area contributed by atoms with Gasteiger partial charge in [-0.05, 0) is 30.4 Å². The van der Waals surface area contributed by atoms with Crippen LogP contribution in [0.1, 0.15) is 36.5 Å². The molecule has 0 N–H and O–H groups in total. The average Bonchev–Trinajstić information content (AvgIpc) is 3.32.